The van der Waals surface area contributed by atoms with Gasteiger partial charge in [-0.05, 0) is 29.8 Å². The van der Waals surface area contributed by atoms with E-state index in [-0.39, 0.29) is 5.43 Å². The van der Waals surface area contributed by atoms with Crippen molar-refractivity contribution in [2.24, 2.45) is 0 Å². The Labute approximate surface area is 168 Å². The molecule has 1 fully saturated rings. The Morgan fingerprint density at radius 2 is 1.89 bits per heavy atom. The highest BCUT2D eigenvalue weighted by molar-refractivity contribution is 7.16. The number of benzene rings is 2. The molecule has 0 amide bonds. The van der Waals surface area contributed by atoms with Crippen molar-refractivity contribution in [2.45, 2.75) is 0 Å². The predicted molar refractivity (Wildman–Crippen MR) is 116 cm³/mol. The molecule has 138 valence electrons. The first-order valence-corrected chi connectivity index (χ1v) is 10.5. The van der Waals surface area contributed by atoms with Gasteiger partial charge < -0.3 is 9.80 Å². The van der Waals surface area contributed by atoms with E-state index in [0.29, 0.717) is 5.02 Å². The molecular formula is C22H22ClN2OS+. The van der Waals surface area contributed by atoms with Crippen LogP contribution in [0.1, 0.15) is 5.56 Å². The van der Waals surface area contributed by atoms with Gasteiger partial charge in [0.05, 0.1) is 38.4 Å². The van der Waals surface area contributed by atoms with Crippen LogP contribution in [0.4, 0.5) is 5.69 Å². The molecule has 2 heterocycles. The summed E-state index contributed by atoms with van der Waals surface area (Å²) in [6.07, 6.45) is 4.43. The molecule has 1 saturated heterocycles. The molecule has 5 heteroatoms. The number of piperazine rings is 1. The van der Waals surface area contributed by atoms with E-state index in [0.717, 1.165) is 48.5 Å². The van der Waals surface area contributed by atoms with Gasteiger partial charge in [-0.1, -0.05) is 48.0 Å². The lowest BCUT2D eigenvalue weighted by molar-refractivity contribution is -0.894. The SMILES string of the molecule is O=c1c(N2CC[NH+](C/C=C/c3ccccc3)CC2)csc2ccc(Cl)cc12. The zero-order valence-electron chi connectivity index (χ0n) is 15.0. The third kappa shape index (κ3) is 4.24. The number of hydrogen-bond donors (Lipinski definition) is 1. The Morgan fingerprint density at radius 3 is 2.67 bits per heavy atom. The molecule has 0 radical (unpaired) electrons. The number of fused-ring (bicyclic) bond motifs is 1. The molecule has 1 aliphatic heterocycles. The summed E-state index contributed by atoms with van der Waals surface area (Å²) in [5, 5.41) is 3.34. The molecule has 0 bridgehead atoms. The van der Waals surface area contributed by atoms with E-state index in [4.69, 9.17) is 11.6 Å². The number of quaternary nitrogens is 1. The highest BCUT2D eigenvalue weighted by Crippen LogP contribution is 2.24. The number of hydrogen-bond acceptors (Lipinski definition) is 3. The number of anilines is 1. The smallest absolute Gasteiger partial charge is 0.211 e. The van der Waals surface area contributed by atoms with Crippen LogP contribution in [0, 0.1) is 0 Å². The number of nitrogens with one attached hydrogen (secondary N) is 1. The minimum Gasteiger partial charge on any atom is -0.356 e. The average molecular weight is 398 g/mol. The van der Waals surface area contributed by atoms with Crippen molar-refractivity contribution in [1.82, 2.24) is 0 Å². The highest BCUT2D eigenvalue weighted by Gasteiger charge is 2.21. The van der Waals surface area contributed by atoms with E-state index < -0.39 is 0 Å². The van der Waals surface area contributed by atoms with Crippen molar-refractivity contribution in [1.29, 1.82) is 0 Å². The summed E-state index contributed by atoms with van der Waals surface area (Å²) in [4.78, 5) is 16.7. The van der Waals surface area contributed by atoms with Crippen molar-refractivity contribution in [2.75, 3.05) is 37.6 Å². The number of nitrogens with zero attached hydrogens (tertiary/aromatic N) is 1. The minimum atomic E-state index is 0.0960. The highest BCUT2D eigenvalue weighted by atomic mass is 35.5. The van der Waals surface area contributed by atoms with E-state index in [1.165, 1.54) is 5.56 Å². The maximum absolute atomic E-state index is 12.9. The van der Waals surface area contributed by atoms with Crippen LogP contribution >= 0.6 is 22.9 Å². The van der Waals surface area contributed by atoms with Gasteiger partial charge in [0.2, 0.25) is 5.43 Å². The van der Waals surface area contributed by atoms with Crippen LogP contribution in [0.5, 0.6) is 0 Å². The van der Waals surface area contributed by atoms with Gasteiger partial charge in [-0.25, -0.2) is 0 Å². The normalized spacial score (nSPS) is 15.7. The largest absolute Gasteiger partial charge is 0.356 e. The van der Waals surface area contributed by atoms with Crippen LogP contribution in [0.25, 0.3) is 16.2 Å². The van der Waals surface area contributed by atoms with E-state index >= 15 is 0 Å². The molecule has 0 spiro atoms. The Balaban J connectivity index is 1.41. The Morgan fingerprint density at radius 1 is 1.11 bits per heavy atom. The van der Waals surface area contributed by atoms with Gasteiger partial charge in [0, 0.05) is 20.5 Å². The average Bonchev–Trinajstić information content (AvgIpc) is 2.70. The van der Waals surface area contributed by atoms with Crippen LogP contribution in [0.15, 0.2) is 64.8 Å². The van der Waals surface area contributed by atoms with E-state index in [2.05, 4.69) is 41.3 Å². The summed E-state index contributed by atoms with van der Waals surface area (Å²) >= 11 is 7.70. The quantitative estimate of drug-likeness (QED) is 0.730. The number of rotatable bonds is 4. The van der Waals surface area contributed by atoms with Crippen molar-refractivity contribution in [3.8, 4) is 0 Å². The summed E-state index contributed by atoms with van der Waals surface area (Å²) in [6.45, 7) is 4.90. The lowest BCUT2D eigenvalue weighted by atomic mass is 10.2. The van der Waals surface area contributed by atoms with Crippen molar-refractivity contribution in [3.63, 3.8) is 0 Å². The second-order valence-corrected chi connectivity index (χ2v) is 8.19. The Bertz CT molecular complexity index is 1010. The second-order valence-electron chi connectivity index (χ2n) is 6.84. The van der Waals surface area contributed by atoms with Gasteiger partial charge in [0.1, 0.15) is 0 Å². The molecule has 27 heavy (non-hydrogen) atoms. The van der Waals surface area contributed by atoms with Crippen LogP contribution in [-0.4, -0.2) is 32.7 Å². The van der Waals surface area contributed by atoms with Crippen LogP contribution in [0.3, 0.4) is 0 Å². The zero-order valence-corrected chi connectivity index (χ0v) is 16.6. The molecular weight excluding hydrogens is 376 g/mol. The van der Waals surface area contributed by atoms with Gasteiger partial charge in [-0.2, -0.15) is 0 Å². The van der Waals surface area contributed by atoms with Crippen LogP contribution in [-0.2, 0) is 0 Å². The summed E-state index contributed by atoms with van der Waals surface area (Å²) in [5.74, 6) is 0. The summed E-state index contributed by atoms with van der Waals surface area (Å²) in [6, 6.07) is 15.9. The van der Waals surface area contributed by atoms with Gasteiger partial charge in [0.25, 0.3) is 0 Å². The summed E-state index contributed by atoms with van der Waals surface area (Å²) in [7, 11) is 0. The zero-order chi connectivity index (χ0) is 18.6. The lowest BCUT2D eigenvalue weighted by Crippen LogP contribution is -3.14. The molecule has 0 atom stereocenters. The second kappa shape index (κ2) is 8.26. The van der Waals surface area contributed by atoms with Crippen molar-refractivity contribution >= 4 is 44.8 Å². The van der Waals surface area contributed by atoms with Gasteiger partial charge >= 0.3 is 0 Å². The van der Waals surface area contributed by atoms with E-state index in [9.17, 15) is 4.79 Å². The molecule has 2 aromatic carbocycles. The van der Waals surface area contributed by atoms with Crippen molar-refractivity contribution < 1.29 is 4.90 Å². The molecule has 1 aliphatic rings. The Hall–Kier alpha value is -2.14. The predicted octanol–water partition coefficient (Wildman–Crippen LogP) is 3.33. The first-order chi connectivity index (χ1) is 13.2. The standard InChI is InChI=1S/C22H21ClN2OS/c23-18-8-9-21-19(15-18)22(26)20(16-27-21)25-13-11-24(12-14-25)10-4-7-17-5-2-1-3-6-17/h1-9,15-16H,10-14H2/p+1/b7-4+. The van der Waals surface area contributed by atoms with Crippen LogP contribution in [0.2, 0.25) is 5.02 Å². The molecule has 0 unspecified atom stereocenters. The minimum absolute atomic E-state index is 0.0960. The summed E-state index contributed by atoms with van der Waals surface area (Å²) in [5.41, 5.74) is 2.15. The monoisotopic (exact) mass is 397 g/mol. The first-order valence-electron chi connectivity index (χ1n) is 9.22. The molecule has 1 N–H and O–H groups in total. The molecule has 3 aromatic rings. The maximum Gasteiger partial charge on any atom is 0.211 e. The van der Waals surface area contributed by atoms with Gasteiger partial charge in [0.15, 0.2) is 0 Å². The fourth-order valence-electron chi connectivity index (χ4n) is 3.51. The van der Waals surface area contributed by atoms with E-state index in [1.807, 2.05) is 23.6 Å². The third-order valence-corrected chi connectivity index (χ3v) is 6.23. The fraction of sp³-hybridized carbons (Fsp3) is 0.227. The van der Waals surface area contributed by atoms with Crippen LogP contribution < -0.4 is 15.2 Å². The molecule has 0 aliphatic carbocycles. The maximum atomic E-state index is 12.9. The number of halogens is 1. The lowest BCUT2D eigenvalue weighted by Gasteiger charge is -2.32. The molecule has 1 aromatic heterocycles. The molecule has 3 nitrogen and oxygen atoms in total. The van der Waals surface area contributed by atoms with Gasteiger partial charge in [-0.3, -0.25) is 4.79 Å². The fourth-order valence-corrected chi connectivity index (χ4v) is 4.60. The third-order valence-electron chi connectivity index (χ3n) is 5.04. The summed E-state index contributed by atoms with van der Waals surface area (Å²) < 4.78 is 0.989. The van der Waals surface area contributed by atoms with Crippen molar-refractivity contribution in [3.05, 3.63) is 80.8 Å². The van der Waals surface area contributed by atoms with E-state index in [1.54, 1.807) is 22.3 Å². The topological polar surface area (TPSA) is 24.8 Å². The Kier molecular flexibility index (Phi) is 5.58. The molecule has 0 saturated carbocycles. The van der Waals surface area contributed by atoms with Gasteiger partial charge in [-0.15, -0.1) is 11.3 Å². The first kappa shape index (κ1) is 18.2. The molecule has 4 rings (SSSR count).